The van der Waals surface area contributed by atoms with Gasteiger partial charge in [-0.3, -0.25) is 4.57 Å². The normalized spacial score (nSPS) is 16.4. The Labute approximate surface area is 221 Å². The molecule has 6 nitrogen and oxygen atoms in total. The van der Waals surface area contributed by atoms with Gasteiger partial charge in [0, 0.05) is 11.9 Å². The van der Waals surface area contributed by atoms with Crippen LogP contribution in [0.25, 0.3) is 0 Å². The van der Waals surface area contributed by atoms with Crippen LogP contribution in [0.3, 0.4) is 0 Å². The maximum absolute atomic E-state index is 12.5. The number of carbonyl (C=O) groups is 1. The van der Waals surface area contributed by atoms with E-state index in [0.717, 1.165) is 31.4 Å². The van der Waals surface area contributed by atoms with Gasteiger partial charge >= 0.3 is 11.7 Å². The SMILES string of the molecule is CC(C)(C)OC(=O)C(C)(C)Oc1ccc(CCCc2cn(CC3=CCC(C(C)(C)C)C=C3)c(=O)[nH]2)cc1. The molecule has 1 aliphatic rings. The molecule has 1 aromatic heterocycles. The summed E-state index contributed by atoms with van der Waals surface area (Å²) in [5, 5.41) is 0. The Morgan fingerprint density at radius 1 is 1.03 bits per heavy atom. The number of ether oxygens (including phenoxy) is 2. The van der Waals surface area contributed by atoms with Crippen LogP contribution in [0.1, 0.15) is 79.5 Å². The molecule has 0 bridgehead atoms. The van der Waals surface area contributed by atoms with Crippen molar-refractivity contribution in [1.29, 1.82) is 0 Å². The highest BCUT2D eigenvalue weighted by Gasteiger charge is 2.34. The van der Waals surface area contributed by atoms with E-state index in [1.165, 1.54) is 11.1 Å². The Kier molecular flexibility index (Phi) is 8.61. The first-order valence-electron chi connectivity index (χ1n) is 13.3. The highest BCUT2D eigenvalue weighted by atomic mass is 16.6. The summed E-state index contributed by atoms with van der Waals surface area (Å²) in [6.45, 7) is 16.3. The highest BCUT2D eigenvalue weighted by molar-refractivity contribution is 5.79. The number of aryl methyl sites for hydroxylation is 2. The lowest BCUT2D eigenvalue weighted by Gasteiger charge is -2.29. The Hall–Kier alpha value is -3.02. The first-order valence-corrected chi connectivity index (χ1v) is 13.3. The third-order valence-electron chi connectivity index (χ3n) is 6.58. The van der Waals surface area contributed by atoms with Crippen LogP contribution in [0.4, 0.5) is 0 Å². The second kappa shape index (κ2) is 11.2. The van der Waals surface area contributed by atoms with Crippen molar-refractivity contribution in [2.75, 3.05) is 0 Å². The van der Waals surface area contributed by atoms with Gasteiger partial charge in [0.1, 0.15) is 11.4 Å². The van der Waals surface area contributed by atoms with E-state index in [1.807, 2.05) is 51.2 Å². The predicted octanol–water partition coefficient (Wildman–Crippen LogP) is 6.40. The van der Waals surface area contributed by atoms with Crippen molar-refractivity contribution >= 4 is 5.97 Å². The van der Waals surface area contributed by atoms with Gasteiger partial charge in [-0.05, 0) is 94.9 Å². The fraction of sp³-hybridized carbons (Fsp3) is 0.548. The molecule has 1 aromatic carbocycles. The van der Waals surface area contributed by atoms with Crippen molar-refractivity contribution < 1.29 is 14.3 Å². The molecular formula is C31H44N2O4. The standard InChI is InChI=1S/C31H44N2O4/c1-29(2,3)24-16-12-23(13-17-24)20-33-21-25(32-28(33)35)11-9-10-22-14-18-26(19-15-22)36-31(7,8)27(34)37-30(4,5)6/h12-16,18-19,21,24H,9-11,17,20H2,1-8H3,(H,32,35). The van der Waals surface area contributed by atoms with E-state index in [9.17, 15) is 9.59 Å². The topological polar surface area (TPSA) is 73.3 Å². The van der Waals surface area contributed by atoms with Gasteiger partial charge in [-0.1, -0.05) is 51.1 Å². The summed E-state index contributed by atoms with van der Waals surface area (Å²) in [5.41, 5.74) is 1.87. The van der Waals surface area contributed by atoms with Crippen molar-refractivity contribution in [3.63, 3.8) is 0 Å². The van der Waals surface area contributed by atoms with Crippen molar-refractivity contribution in [3.05, 3.63) is 76.0 Å². The summed E-state index contributed by atoms with van der Waals surface area (Å²) >= 11 is 0. The summed E-state index contributed by atoms with van der Waals surface area (Å²) in [4.78, 5) is 27.9. The van der Waals surface area contributed by atoms with Crippen LogP contribution >= 0.6 is 0 Å². The molecule has 3 rings (SSSR count). The third-order valence-corrected chi connectivity index (χ3v) is 6.58. The van der Waals surface area contributed by atoms with Gasteiger partial charge in [-0.2, -0.15) is 0 Å². The first kappa shape index (κ1) is 28.5. The molecule has 0 aliphatic heterocycles. The van der Waals surface area contributed by atoms with Gasteiger partial charge in [-0.15, -0.1) is 0 Å². The van der Waals surface area contributed by atoms with Crippen LogP contribution < -0.4 is 10.4 Å². The summed E-state index contributed by atoms with van der Waals surface area (Å²) in [6, 6.07) is 7.80. The lowest BCUT2D eigenvalue weighted by molar-refractivity contribution is -0.170. The minimum atomic E-state index is -1.08. The number of hydrogen-bond acceptors (Lipinski definition) is 4. The smallest absolute Gasteiger partial charge is 0.350 e. The summed E-state index contributed by atoms with van der Waals surface area (Å²) in [7, 11) is 0. The maximum atomic E-state index is 12.5. The molecule has 0 fully saturated rings. The van der Waals surface area contributed by atoms with Gasteiger partial charge in [-0.25, -0.2) is 9.59 Å². The van der Waals surface area contributed by atoms with Crippen LogP contribution in [0.5, 0.6) is 5.75 Å². The molecule has 0 spiro atoms. The van der Waals surface area contributed by atoms with Crippen LogP contribution in [0.2, 0.25) is 0 Å². The number of rotatable bonds is 9. The zero-order valence-corrected chi connectivity index (χ0v) is 23.8. The van der Waals surface area contributed by atoms with Crippen molar-refractivity contribution in [3.8, 4) is 5.75 Å². The summed E-state index contributed by atoms with van der Waals surface area (Å²) in [6.07, 6.45) is 12.3. The Morgan fingerprint density at radius 3 is 2.27 bits per heavy atom. The molecule has 1 unspecified atom stereocenters. The average molecular weight is 509 g/mol. The van der Waals surface area contributed by atoms with Crippen LogP contribution in [0.15, 0.2) is 59.1 Å². The zero-order chi connectivity index (χ0) is 27.4. The number of imidazole rings is 1. The van der Waals surface area contributed by atoms with E-state index in [-0.39, 0.29) is 11.1 Å². The quantitative estimate of drug-likeness (QED) is 0.398. The molecule has 0 saturated heterocycles. The van der Waals surface area contributed by atoms with Gasteiger partial charge in [0.25, 0.3) is 0 Å². The minimum absolute atomic E-state index is 0.0589. The molecule has 37 heavy (non-hydrogen) atoms. The molecule has 6 heteroatoms. The number of benzene rings is 1. The van der Waals surface area contributed by atoms with Gasteiger partial charge < -0.3 is 14.5 Å². The second-order valence-corrected chi connectivity index (χ2v) is 12.7. The van der Waals surface area contributed by atoms with E-state index < -0.39 is 17.2 Å². The highest BCUT2D eigenvalue weighted by Crippen LogP contribution is 2.33. The Morgan fingerprint density at radius 2 is 1.70 bits per heavy atom. The van der Waals surface area contributed by atoms with E-state index in [1.54, 1.807) is 18.4 Å². The van der Waals surface area contributed by atoms with Gasteiger partial charge in [0.15, 0.2) is 5.60 Å². The lowest BCUT2D eigenvalue weighted by atomic mass is 9.76. The molecule has 2 aromatic rings. The molecule has 0 amide bonds. The van der Waals surface area contributed by atoms with Crippen LogP contribution in [-0.2, 0) is 28.9 Å². The second-order valence-electron chi connectivity index (χ2n) is 12.7. The number of aromatic amines is 1. The van der Waals surface area contributed by atoms with Gasteiger partial charge in [0.05, 0.1) is 6.54 Å². The number of nitrogens with one attached hydrogen (secondary N) is 1. The predicted molar refractivity (Wildman–Crippen MR) is 149 cm³/mol. The Bertz CT molecular complexity index is 1180. The van der Waals surface area contributed by atoms with Crippen molar-refractivity contribution in [2.24, 2.45) is 11.3 Å². The molecule has 0 saturated carbocycles. The molecule has 0 radical (unpaired) electrons. The van der Waals surface area contributed by atoms with E-state index >= 15 is 0 Å². The lowest BCUT2D eigenvalue weighted by Crippen LogP contribution is -2.43. The number of aromatic nitrogens is 2. The molecule has 1 aliphatic carbocycles. The van der Waals surface area contributed by atoms with Crippen molar-refractivity contribution in [2.45, 2.75) is 98.8 Å². The molecular weight excluding hydrogens is 464 g/mol. The van der Waals surface area contributed by atoms with Crippen LogP contribution in [-0.4, -0.2) is 26.7 Å². The van der Waals surface area contributed by atoms with Crippen LogP contribution in [0, 0.1) is 11.3 Å². The first-order chi connectivity index (χ1) is 17.1. The van der Waals surface area contributed by atoms with E-state index in [2.05, 4.69) is 44.0 Å². The van der Waals surface area contributed by atoms with Gasteiger partial charge in [0.2, 0.25) is 0 Å². The van der Waals surface area contributed by atoms with Crippen molar-refractivity contribution in [1.82, 2.24) is 9.55 Å². The number of esters is 1. The molecule has 202 valence electrons. The average Bonchev–Trinajstić information content (AvgIpc) is 3.12. The maximum Gasteiger partial charge on any atom is 0.350 e. The zero-order valence-electron chi connectivity index (χ0n) is 23.8. The number of H-pyrrole nitrogens is 1. The number of allylic oxidation sites excluding steroid dienone is 4. The Balaban J connectivity index is 1.49. The largest absolute Gasteiger partial charge is 0.476 e. The fourth-order valence-electron chi connectivity index (χ4n) is 4.30. The number of nitrogens with zero attached hydrogens (tertiary/aromatic N) is 1. The number of hydrogen-bond donors (Lipinski definition) is 1. The van der Waals surface area contributed by atoms with E-state index in [4.69, 9.17) is 9.47 Å². The molecule has 1 heterocycles. The summed E-state index contributed by atoms with van der Waals surface area (Å²) in [5.74, 6) is 0.766. The van der Waals surface area contributed by atoms with E-state index in [0.29, 0.717) is 18.2 Å². The monoisotopic (exact) mass is 508 g/mol. The minimum Gasteiger partial charge on any atom is -0.476 e. The molecule has 1 atom stereocenters. The molecule has 1 N–H and O–H groups in total. The third kappa shape index (κ3) is 8.51. The summed E-state index contributed by atoms with van der Waals surface area (Å²) < 4.78 is 13.1. The number of carbonyl (C=O) groups excluding carboxylic acids is 1. The fourth-order valence-corrected chi connectivity index (χ4v) is 4.30.